The minimum Gasteiger partial charge on any atom is -0.493 e. The summed E-state index contributed by atoms with van der Waals surface area (Å²) in [5, 5.41) is 6.62. The molecule has 0 spiro atoms. The maximum absolute atomic E-state index is 5.74. The summed E-state index contributed by atoms with van der Waals surface area (Å²) < 4.78 is 22.1. The number of nitrogens with one attached hydrogen (secondary N) is 2. The summed E-state index contributed by atoms with van der Waals surface area (Å²) in [7, 11) is 5.12. The van der Waals surface area contributed by atoms with Crippen molar-refractivity contribution in [3.63, 3.8) is 0 Å². The van der Waals surface area contributed by atoms with Gasteiger partial charge in [-0.2, -0.15) is 0 Å². The predicted octanol–water partition coefficient (Wildman–Crippen LogP) is 2.28. The Balaban J connectivity index is 2.00. The Morgan fingerprint density at radius 1 is 1.24 bits per heavy atom. The topological polar surface area (TPSA) is 73.3 Å². The molecule has 0 atom stereocenters. The van der Waals surface area contributed by atoms with Gasteiger partial charge in [-0.1, -0.05) is 0 Å². The maximum Gasteiger partial charge on any atom is 0.195 e. The van der Waals surface area contributed by atoms with E-state index in [0.717, 1.165) is 31.7 Å². The van der Waals surface area contributed by atoms with Crippen molar-refractivity contribution in [2.45, 2.75) is 25.4 Å². The number of anilines is 1. The highest BCUT2D eigenvalue weighted by atomic mass is 16.5. The molecule has 1 heterocycles. The molecule has 7 heteroatoms. The summed E-state index contributed by atoms with van der Waals surface area (Å²) in [6.45, 7) is 4.62. The number of benzene rings is 1. The van der Waals surface area contributed by atoms with Crippen LogP contribution in [0.4, 0.5) is 5.69 Å². The molecule has 0 bridgehead atoms. The first kappa shape index (κ1) is 19.3. The Morgan fingerprint density at radius 2 is 2.00 bits per heavy atom. The van der Waals surface area contributed by atoms with Crippen LogP contribution < -0.4 is 20.1 Å². The third kappa shape index (κ3) is 5.24. The molecule has 25 heavy (non-hydrogen) atoms. The second-order valence-corrected chi connectivity index (χ2v) is 5.85. The molecule has 1 aromatic carbocycles. The average Bonchev–Trinajstić information content (AvgIpc) is 2.66. The summed E-state index contributed by atoms with van der Waals surface area (Å²) in [6, 6.07) is 5.69. The Bertz CT molecular complexity index is 571. The maximum atomic E-state index is 5.74. The van der Waals surface area contributed by atoms with E-state index in [-0.39, 0.29) is 5.60 Å². The number of methoxy groups -OCH3 is 2. The van der Waals surface area contributed by atoms with Crippen molar-refractivity contribution in [1.29, 1.82) is 0 Å². The molecular formula is C18H29N3O4. The summed E-state index contributed by atoms with van der Waals surface area (Å²) >= 11 is 0. The van der Waals surface area contributed by atoms with Gasteiger partial charge in [0.25, 0.3) is 0 Å². The van der Waals surface area contributed by atoms with Crippen LogP contribution in [-0.4, -0.2) is 59.2 Å². The summed E-state index contributed by atoms with van der Waals surface area (Å²) in [5.74, 6) is 2.08. The summed E-state index contributed by atoms with van der Waals surface area (Å²) in [4.78, 5) is 4.29. The molecule has 140 valence electrons. The first-order valence-corrected chi connectivity index (χ1v) is 8.58. The Labute approximate surface area is 149 Å². The minimum absolute atomic E-state index is 0.216. The zero-order valence-corrected chi connectivity index (χ0v) is 15.6. The zero-order chi connectivity index (χ0) is 18.1. The molecule has 0 radical (unpaired) electrons. The number of rotatable bonds is 7. The molecule has 2 rings (SSSR count). The molecule has 0 aromatic heterocycles. The fraction of sp³-hybridized carbons (Fsp3) is 0.611. The standard InChI is InChI=1S/C18H29N3O4/c1-5-25-16-12-14(6-7-15(16)22-3)21-17(19-2)20-13-18(23-4)8-10-24-11-9-18/h6-7,12H,5,8-11,13H2,1-4H3,(H2,19,20,21). The Hall–Kier alpha value is -1.99. The Kier molecular flexibility index (Phi) is 7.33. The molecule has 2 N–H and O–H groups in total. The van der Waals surface area contributed by atoms with E-state index in [4.69, 9.17) is 18.9 Å². The van der Waals surface area contributed by atoms with Crippen molar-refractivity contribution in [2.24, 2.45) is 4.99 Å². The van der Waals surface area contributed by atoms with Gasteiger partial charge < -0.3 is 29.6 Å². The average molecular weight is 351 g/mol. The second kappa shape index (κ2) is 9.48. The Morgan fingerprint density at radius 3 is 2.60 bits per heavy atom. The van der Waals surface area contributed by atoms with Crippen LogP contribution in [0.15, 0.2) is 23.2 Å². The second-order valence-electron chi connectivity index (χ2n) is 5.85. The lowest BCUT2D eigenvalue weighted by Crippen LogP contribution is -2.49. The third-order valence-corrected chi connectivity index (χ3v) is 4.36. The van der Waals surface area contributed by atoms with E-state index in [2.05, 4.69) is 15.6 Å². The highest BCUT2D eigenvalue weighted by Crippen LogP contribution is 2.30. The molecule has 1 fully saturated rings. The van der Waals surface area contributed by atoms with Gasteiger partial charge in [-0.15, -0.1) is 0 Å². The zero-order valence-electron chi connectivity index (χ0n) is 15.6. The van der Waals surface area contributed by atoms with Gasteiger partial charge in [-0.3, -0.25) is 4.99 Å². The molecule has 1 aromatic rings. The van der Waals surface area contributed by atoms with Crippen LogP contribution in [0, 0.1) is 0 Å². The van der Waals surface area contributed by atoms with Crippen LogP contribution in [0.2, 0.25) is 0 Å². The first-order valence-electron chi connectivity index (χ1n) is 8.58. The number of aliphatic imine (C=N–C) groups is 1. The molecule has 0 aliphatic carbocycles. The van der Waals surface area contributed by atoms with Gasteiger partial charge in [0.2, 0.25) is 0 Å². The van der Waals surface area contributed by atoms with Crippen molar-refractivity contribution in [3.8, 4) is 11.5 Å². The van der Waals surface area contributed by atoms with Crippen molar-refractivity contribution in [3.05, 3.63) is 18.2 Å². The van der Waals surface area contributed by atoms with Gasteiger partial charge in [-0.05, 0) is 19.1 Å². The number of hydrogen-bond donors (Lipinski definition) is 2. The lowest BCUT2D eigenvalue weighted by Gasteiger charge is -2.36. The van der Waals surface area contributed by atoms with E-state index < -0.39 is 0 Å². The molecule has 7 nitrogen and oxygen atoms in total. The number of hydrogen-bond acceptors (Lipinski definition) is 5. The number of guanidine groups is 1. The number of ether oxygens (including phenoxy) is 4. The molecular weight excluding hydrogens is 322 g/mol. The van der Waals surface area contributed by atoms with Crippen molar-refractivity contribution in [1.82, 2.24) is 5.32 Å². The van der Waals surface area contributed by atoms with Gasteiger partial charge in [0, 0.05) is 58.5 Å². The quantitative estimate of drug-likeness (QED) is 0.580. The molecule has 0 amide bonds. The molecule has 0 saturated carbocycles. The largest absolute Gasteiger partial charge is 0.493 e. The van der Waals surface area contributed by atoms with Crippen molar-refractivity contribution >= 4 is 11.6 Å². The van der Waals surface area contributed by atoms with Crippen LogP contribution in [0.1, 0.15) is 19.8 Å². The van der Waals surface area contributed by atoms with E-state index in [1.165, 1.54) is 0 Å². The number of nitrogens with zero attached hydrogens (tertiary/aromatic N) is 1. The highest BCUT2D eigenvalue weighted by Gasteiger charge is 2.32. The van der Waals surface area contributed by atoms with Gasteiger partial charge in [0.1, 0.15) is 0 Å². The fourth-order valence-electron chi connectivity index (χ4n) is 2.78. The normalized spacial score (nSPS) is 17.0. The van der Waals surface area contributed by atoms with E-state index in [9.17, 15) is 0 Å². The fourth-order valence-corrected chi connectivity index (χ4v) is 2.78. The van der Waals surface area contributed by atoms with E-state index in [0.29, 0.717) is 30.6 Å². The lowest BCUT2D eigenvalue weighted by atomic mass is 9.94. The van der Waals surface area contributed by atoms with E-state index in [1.54, 1.807) is 21.3 Å². The van der Waals surface area contributed by atoms with Gasteiger partial charge in [0.05, 0.1) is 19.3 Å². The first-order chi connectivity index (χ1) is 12.2. The van der Waals surface area contributed by atoms with E-state index >= 15 is 0 Å². The van der Waals surface area contributed by atoms with Gasteiger partial charge in [0.15, 0.2) is 17.5 Å². The minimum atomic E-state index is -0.216. The van der Waals surface area contributed by atoms with Gasteiger partial charge in [-0.25, -0.2) is 0 Å². The molecule has 1 saturated heterocycles. The van der Waals surface area contributed by atoms with Crippen LogP contribution in [0.5, 0.6) is 11.5 Å². The summed E-state index contributed by atoms with van der Waals surface area (Å²) in [5.41, 5.74) is 0.655. The molecule has 1 aliphatic rings. The van der Waals surface area contributed by atoms with Gasteiger partial charge >= 0.3 is 0 Å². The SMILES string of the molecule is CCOc1cc(NC(=NC)NCC2(OC)CCOCC2)ccc1OC. The predicted molar refractivity (Wildman–Crippen MR) is 98.9 cm³/mol. The summed E-state index contributed by atoms with van der Waals surface area (Å²) in [6.07, 6.45) is 1.73. The van der Waals surface area contributed by atoms with Crippen LogP contribution in [0.25, 0.3) is 0 Å². The van der Waals surface area contributed by atoms with Crippen molar-refractivity contribution < 1.29 is 18.9 Å². The van der Waals surface area contributed by atoms with Crippen LogP contribution in [0.3, 0.4) is 0 Å². The molecule has 0 unspecified atom stereocenters. The van der Waals surface area contributed by atoms with Crippen LogP contribution in [-0.2, 0) is 9.47 Å². The third-order valence-electron chi connectivity index (χ3n) is 4.36. The van der Waals surface area contributed by atoms with E-state index in [1.807, 2.05) is 25.1 Å². The van der Waals surface area contributed by atoms with Crippen LogP contribution >= 0.6 is 0 Å². The van der Waals surface area contributed by atoms with Crippen molar-refractivity contribution in [2.75, 3.05) is 52.9 Å². The lowest BCUT2D eigenvalue weighted by molar-refractivity contribution is -0.0854. The highest BCUT2D eigenvalue weighted by molar-refractivity contribution is 5.93. The molecule has 1 aliphatic heterocycles. The smallest absolute Gasteiger partial charge is 0.195 e. The monoisotopic (exact) mass is 351 g/mol.